The molecule has 1 aliphatic heterocycles. The normalized spacial score (nSPS) is 20.4. The maximum Gasteiger partial charge on any atom is 0.227 e. The summed E-state index contributed by atoms with van der Waals surface area (Å²) in [5.74, 6) is 0.102. The Hall–Kier alpha value is -1.88. The topological polar surface area (TPSA) is 69.2 Å². The van der Waals surface area contributed by atoms with E-state index < -0.39 is 0 Å². The molecule has 1 saturated heterocycles. The first kappa shape index (κ1) is 10.3. The van der Waals surface area contributed by atoms with Crippen molar-refractivity contribution >= 4 is 22.6 Å². The highest BCUT2D eigenvalue weighted by Gasteiger charge is 2.30. The number of carbonyl (C=O) groups is 1. The van der Waals surface area contributed by atoms with E-state index in [0.29, 0.717) is 13.0 Å². The highest BCUT2D eigenvalue weighted by molar-refractivity contribution is 5.97. The second kappa shape index (κ2) is 3.85. The van der Waals surface area contributed by atoms with Gasteiger partial charge >= 0.3 is 0 Å². The Morgan fingerprint density at radius 3 is 3.24 bits per heavy atom. The summed E-state index contributed by atoms with van der Waals surface area (Å²) in [7, 11) is 0. The number of aliphatic hydroxyl groups is 1. The molecule has 1 aliphatic rings. The smallest absolute Gasteiger partial charge is 0.227 e. The lowest BCUT2D eigenvalue weighted by Gasteiger charge is -2.15. The molecule has 0 aromatic carbocycles. The molecule has 1 atom stereocenters. The molecule has 5 heteroatoms. The predicted octanol–water partition coefficient (Wildman–Crippen LogP) is 0.908. The van der Waals surface area contributed by atoms with Gasteiger partial charge in [0.05, 0.1) is 11.9 Å². The molecule has 1 fully saturated rings. The summed E-state index contributed by atoms with van der Waals surface area (Å²) in [6.45, 7) is 0.634. The van der Waals surface area contributed by atoms with Crippen molar-refractivity contribution in [3.05, 3.63) is 24.5 Å². The molecule has 2 N–H and O–H groups in total. The fraction of sp³-hybridized carbons (Fsp3) is 0.333. The summed E-state index contributed by atoms with van der Waals surface area (Å²) >= 11 is 0. The van der Waals surface area contributed by atoms with Gasteiger partial charge in [-0.1, -0.05) is 0 Å². The number of aromatic nitrogens is 2. The monoisotopic (exact) mass is 231 g/mol. The van der Waals surface area contributed by atoms with Crippen LogP contribution in [0.25, 0.3) is 11.0 Å². The molecular formula is C12H13N3O2. The number of aliphatic hydroxyl groups excluding tert-OH is 1. The van der Waals surface area contributed by atoms with Gasteiger partial charge in [0.25, 0.3) is 0 Å². The van der Waals surface area contributed by atoms with Crippen LogP contribution in [-0.2, 0) is 4.79 Å². The number of aromatic amines is 1. The zero-order chi connectivity index (χ0) is 11.8. The van der Waals surface area contributed by atoms with Gasteiger partial charge in [0.15, 0.2) is 0 Å². The Kier molecular flexibility index (Phi) is 2.33. The molecule has 1 amide bonds. The van der Waals surface area contributed by atoms with E-state index in [-0.39, 0.29) is 18.4 Å². The molecule has 5 nitrogen and oxygen atoms in total. The van der Waals surface area contributed by atoms with Crippen molar-refractivity contribution in [2.45, 2.75) is 6.42 Å². The van der Waals surface area contributed by atoms with Crippen molar-refractivity contribution in [2.75, 3.05) is 18.1 Å². The number of carbonyl (C=O) groups excluding carboxylic acids is 1. The minimum Gasteiger partial charge on any atom is -0.396 e. The van der Waals surface area contributed by atoms with Gasteiger partial charge in [-0.2, -0.15) is 0 Å². The van der Waals surface area contributed by atoms with E-state index in [4.69, 9.17) is 5.11 Å². The molecule has 3 rings (SSSR count). The lowest BCUT2D eigenvalue weighted by atomic mass is 10.1. The van der Waals surface area contributed by atoms with Gasteiger partial charge in [0, 0.05) is 37.1 Å². The number of amides is 1. The molecule has 2 aromatic heterocycles. The number of nitrogens with one attached hydrogen (secondary N) is 1. The average molecular weight is 231 g/mol. The summed E-state index contributed by atoms with van der Waals surface area (Å²) in [6.07, 6.45) is 3.93. The molecular weight excluding hydrogens is 218 g/mol. The fourth-order valence-electron chi connectivity index (χ4n) is 2.23. The second-order valence-corrected chi connectivity index (χ2v) is 4.37. The summed E-state index contributed by atoms with van der Waals surface area (Å²) < 4.78 is 0. The third-order valence-electron chi connectivity index (χ3n) is 3.16. The van der Waals surface area contributed by atoms with Crippen LogP contribution in [0.1, 0.15) is 6.42 Å². The summed E-state index contributed by atoms with van der Waals surface area (Å²) in [5.41, 5.74) is 1.62. The van der Waals surface area contributed by atoms with Crippen molar-refractivity contribution < 1.29 is 9.90 Å². The maximum atomic E-state index is 11.8. The van der Waals surface area contributed by atoms with Gasteiger partial charge in [-0.15, -0.1) is 0 Å². The van der Waals surface area contributed by atoms with Crippen LogP contribution in [-0.4, -0.2) is 34.1 Å². The quantitative estimate of drug-likeness (QED) is 0.807. The predicted molar refractivity (Wildman–Crippen MR) is 63.6 cm³/mol. The molecule has 0 aliphatic carbocycles. The summed E-state index contributed by atoms with van der Waals surface area (Å²) in [5, 5.41) is 10.1. The molecule has 2 aromatic rings. The van der Waals surface area contributed by atoms with Crippen LogP contribution in [0.15, 0.2) is 24.5 Å². The van der Waals surface area contributed by atoms with Crippen LogP contribution in [0.2, 0.25) is 0 Å². The van der Waals surface area contributed by atoms with Gasteiger partial charge in [0.2, 0.25) is 5.91 Å². The Bertz CT molecular complexity index is 564. The first-order valence-electron chi connectivity index (χ1n) is 5.62. The van der Waals surface area contributed by atoms with Crippen LogP contribution in [0, 0.1) is 5.92 Å². The SMILES string of the molecule is O=C1CC(CO)CN1c1cnc2[nH]ccc2c1. The lowest BCUT2D eigenvalue weighted by Crippen LogP contribution is -2.24. The zero-order valence-electron chi connectivity index (χ0n) is 9.26. The number of anilines is 1. The van der Waals surface area contributed by atoms with Gasteiger partial charge in [-0.3, -0.25) is 4.79 Å². The van der Waals surface area contributed by atoms with Crippen molar-refractivity contribution in [1.29, 1.82) is 0 Å². The zero-order valence-corrected chi connectivity index (χ0v) is 9.26. The minimum atomic E-state index is 0.0458. The van der Waals surface area contributed by atoms with Crippen LogP contribution < -0.4 is 4.90 Å². The number of pyridine rings is 1. The number of nitrogens with zero attached hydrogens (tertiary/aromatic N) is 2. The maximum absolute atomic E-state index is 11.8. The molecule has 17 heavy (non-hydrogen) atoms. The Balaban J connectivity index is 1.95. The largest absolute Gasteiger partial charge is 0.396 e. The minimum absolute atomic E-state index is 0.0458. The number of hydrogen-bond donors (Lipinski definition) is 2. The molecule has 88 valence electrons. The van der Waals surface area contributed by atoms with Gasteiger partial charge in [-0.25, -0.2) is 4.98 Å². The van der Waals surface area contributed by atoms with E-state index in [1.54, 1.807) is 11.1 Å². The van der Waals surface area contributed by atoms with E-state index in [0.717, 1.165) is 16.7 Å². The Morgan fingerprint density at radius 2 is 2.47 bits per heavy atom. The molecule has 3 heterocycles. The number of hydrogen-bond acceptors (Lipinski definition) is 3. The lowest BCUT2D eigenvalue weighted by molar-refractivity contribution is -0.117. The van der Waals surface area contributed by atoms with Crippen molar-refractivity contribution in [3.63, 3.8) is 0 Å². The van der Waals surface area contributed by atoms with Crippen molar-refractivity contribution in [2.24, 2.45) is 5.92 Å². The standard InChI is InChI=1S/C12H13N3O2/c16-7-8-3-11(17)15(6-8)10-4-9-1-2-13-12(9)14-5-10/h1-2,4-5,8,16H,3,6-7H2,(H,13,14). The van der Waals surface area contributed by atoms with Gasteiger partial charge in [-0.05, 0) is 12.1 Å². The molecule has 0 saturated carbocycles. The molecule has 1 unspecified atom stereocenters. The summed E-state index contributed by atoms with van der Waals surface area (Å²) in [6, 6.07) is 3.87. The highest BCUT2D eigenvalue weighted by Crippen LogP contribution is 2.26. The van der Waals surface area contributed by atoms with Crippen molar-refractivity contribution in [3.8, 4) is 0 Å². The third-order valence-corrected chi connectivity index (χ3v) is 3.16. The molecule has 0 spiro atoms. The number of fused-ring (bicyclic) bond motifs is 1. The van der Waals surface area contributed by atoms with E-state index in [1.807, 2.05) is 18.3 Å². The van der Waals surface area contributed by atoms with Crippen molar-refractivity contribution in [1.82, 2.24) is 9.97 Å². The van der Waals surface area contributed by atoms with Gasteiger partial charge < -0.3 is 15.0 Å². The summed E-state index contributed by atoms with van der Waals surface area (Å²) in [4.78, 5) is 20.8. The number of H-pyrrole nitrogens is 1. The van der Waals surface area contributed by atoms with Crippen LogP contribution in [0.3, 0.4) is 0 Å². The average Bonchev–Trinajstić information content (AvgIpc) is 2.93. The van der Waals surface area contributed by atoms with E-state index >= 15 is 0 Å². The Morgan fingerprint density at radius 1 is 1.59 bits per heavy atom. The molecule has 0 radical (unpaired) electrons. The Labute approximate surface area is 98.1 Å². The second-order valence-electron chi connectivity index (χ2n) is 4.37. The van der Waals surface area contributed by atoms with E-state index in [9.17, 15) is 4.79 Å². The first-order valence-corrected chi connectivity index (χ1v) is 5.62. The molecule has 0 bridgehead atoms. The fourth-order valence-corrected chi connectivity index (χ4v) is 2.23. The third kappa shape index (κ3) is 1.68. The highest BCUT2D eigenvalue weighted by atomic mass is 16.3. The number of rotatable bonds is 2. The van der Waals surface area contributed by atoms with E-state index in [1.165, 1.54) is 0 Å². The van der Waals surface area contributed by atoms with Crippen LogP contribution in [0.4, 0.5) is 5.69 Å². The van der Waals surface area contributed by atoms with Gasteiger partial charge in [0.1, 0.15) is 5.65 Å². The van der Waals surface area contributed by atoms with Crippen LogP contribution >= 0.6 is 0 Å². The first-order chi connectivity index (χ1) is 8.28. The van der Waals surface area contributed by atoms with Crippen LogP contribution in [0.5, 0.6) is 0 Å². The van der Waals surface area contributed by atoms with E-state index in [2.05, 4.69) is 9.97 Å².